The zero-order chi connectivity index (χ0) is 31.2. The SMILES string of the molecule is Cc1c(CNCS(=O)(=O)[O-])c(=O)n(-c2ccccc2)n1C.Cc1c(CNCS(=O)(=O)[O-])c(=O)n(-c2ccccc2)n1C.O.O.O.O.O.O.[Mg+2]. The van der Waals surface area contributed by atoms with E-state index in [4.69, 9.17) is 0 Å². The second-order valence-corrected chi connectivity index (χ2v) is 12.1. The van der Waals surface area contributed by atoms with Crippen molar-refractivity contribution in [3.63, 3.8) is 0 Å². The van der Waals surface area contributed by atoms with E-state index in [1.807, 2.05) is 36.4 Å². The van der Waals surface area contributed by atoms with Crippen LogP contribution in [0.15, 0.2) is 70.3 Å². The predicted octanol–water partition coefficient (Wildman–Crippen LogP) is -5.18. The molecule has 20 nitrogen and oxygen atoms in total. The molecular formula is C26H44MgN6O14S2. The largest absolute Gasteiger partial charge is 2.00 e. The Kier molecular flexibility index (Phi) is 26.1. The van der Waals surface area contributed by atoms with Gasteiger partial charge in [-0.25, -0.2) is 26.2 Å². The molecule has 0 atom stereocenters. The van der Waals surface area contributed by atoms with Crippen LogP contribution < -0.4 is 21.8 Å². The van der Waals surface area contributed by atoms with Crippen LogP contribution in [0.25, 0.3) is 11.4 Å². The maximum atomic E-state index is 12.4. The number of benzene rings is 2. The van der Waals surface area contributed by atoms with Crippen molar-refractivity contribution in [2.24, 2.45) is 14.1 Å². The molecule has 0 aliphatic heterocycles. The molecule has 276 valence electrons. The average Bonchev–Trinajstić information content (AvgIpc) is 3.26. The minimum Gasteiger partial charge on any atom is -0.747 e. The molecule has 2 aromatic carbocycles. The van der Waals surface area contributed by atoms with Crippen molar-refractivity contribution in [2.75, 3.05) is 11.8 Å². The van der Waals surface area contributed by atoms with E-state index in [1.54, 1.807) is 61.6 Å². The van der Waals surface area contributed by atoms with Crippen molar-refractivity contribution in [1.29, 1.82) is 0 Å². The summed E-state index contributed by atoms with van der Waals surface area (Å²) in [4.78, 5) is 24.9. The number of para-hydroxylation sites is 2. The van der Waals surface area contributed by atoms with Crippen LogP contribution in [0.3, 0.4) is 0 Å². The van der Waals surface area contributed by atoms with Crippen LogP contribution in [0.1, 0.15) is 22.5 Å². The van der Waals surface area contributed by atoms with Crippen molar-refractivity contribution in [1.82, 2.24) is 29.4 Å². The quantitative estimate of drug-likeness (QED) is 0.114. The van der Waals surface area contributed by atoms with Gasteiger partial charge in [0.25, 0.3) is 11.1 Å². The summed E-state index contributed by atoms with van der Waals surface area (Å²) in [6.07, 6.45) is 0. The summed E-state index contributed by atoms with van der Waals surface area (Å²) in [7, 11) is -5.21. The second kappa shape index (κ2) is 23.2. The van der Waals surface area contributed by atoms with Crippen LogP contribution >= 0.6 is 0 Å². The maximum absolute atomic E-state index is 12.4. The van der Waals surface area contributed by atoms with Crippen LogP contribution in [0, 0.1) is 13.8 Å². The first-order chi connectivity index (χ1) is 19.6. The zero-order valence-corrected chi connectivity index (χ0v) is 30.2. The van der Waals surface area contributed by atoms with E-state index in [2.05, 4.69) is 10.6 Å². The first kappa shape index (κ1) is 55.1. The molecule has 23 heteroatoms. The van der Waals surface area contributed by atoms with Gasteiger partial charge < -0.3 is 52.6 Å². The molecule has 0 radical (unpaired) electrons. The average molecular weight is 753 g/mol. The van der Waals surface area contributed by atoms with E-state index in [0.29, 0.717) is 22.5 Å². The monoisotopic (exact) mass is 752 g/mol. The fourth-order valence-electron chi connectivity index (χ4n) is 4.26. The van der Waals surface area contributed by atoms with Gasteiger partial charge in [0.1, 0.15) is 20.2 Å². The van der Waals surface area contributed by atoms with Crippen molar-refractivity contribution in [3.05, 3.63) is 104 Å². The van der Waals surface area contributed by atoms with Gasteiger partial charge in [0, 0.05) is 38.6 Å². The number of nitrogens with one attached hydrogen (secondary N) is 2. The topological polar surface area (TPSA) is 381 Å². The maximum Gasteiger partial charge on any atom is 2.00 e. The van der Waals surface area contributed by atoms with Gasteiger partial charge in [-0.05, 0) is 38.1 Å². The third-order valence-electron chi connectivity index (χ3n) is 6.51. The van der Waals surface area contributed by atoms with E-state index in [-0.39, 0.29) is 80.1 Å². The Morgan fingerprint density at radius 2 is 0.837 bits per heavy atom. The molecule has 4 rings (SSSR count). The molecule has 0 fully saturated rings. The molecule has 0 unspecified atom stereocenters. The first-order valence-corrected chi connectivity index (χ1v) is 15.7. The van der Waals surface area contributed by atoms with Gasteiger partial charge in [0.15, 0.2) is 0 Å². The summed E-state index contributed by atoms with van der Waals surface area (Å²) < 4.78 is 69.9. The van der Waals surface area contributed by atoms with Crippen LogP contribution in [0.5, 0.6) is 0 Å². The molecule has 2 aromatic heterocycles. The second-order valence-electron chi connectivity index (χ2n) is 9.34. The van der Waals surface area contributed by atoms with Gasteiger partial charge in [0.05, 0.1) is 34.3 Å². The summed E-state index contributed by atoms with van der Waals surface area (Å²) in [5.41, 5.74) is 3.25. The Hall–Kier alpha value is -3.27. The standard InChI is InChI=1S/2C13H17N3O4S.Mg.6H2O/c2*1-10-12(8-14-9-21(18,19)20)13(17)16(15(10)2)11-6-4-3-5-7-11;;;;;;;/h2*3-7,14H,8-9H2,1-2H3,(H,18,19,20);;6*1H2/q;;+2;;;;;;/p-2. The van der Waals surface area contributed by atoms with Gasteiger partial charge in [-0.3, -0.25) is 19.0 Å². The number of aromatic nitrogens is 4. The first-order valence-electron chi connectivity index (χ1n) is 12.6. The molecule has 0 aliphatic rings. The molecule has 2 heterocycles. The van der Waals surface area contributed by atoms with Crippen LogP contribution in [0.4, 0.5) is 0 Å². The number of rotatable bonds is 10. The number of hydrogen-bond acceptors (Lipinski definition) is 10. The molecule has 0 spiro atoms. The van der Waals surface area contributed by atoms with Crippen LogP contribution in [-0.2, 0) is 47.4 Å². The summed E-state index contributed by atoms with van der Waals surface area (Å²) in [5.74, 6) is -1.40. The van der Waals surface area contributed by atoms with Crippen LogP contribution in [0.2, 0.25) is 0 Å². The van der Waals surface area contributed by atoms with Crippen LogP contribution in [-0.4, -0.2) is 112 Å². The summed E-state index contributed by atoms with van der Waals surface area (Å²) >= 11 is 0. The molecule has 0 saturated heterocycles. The Balaban J connectivity index is -0.000000230. The molecule has 0 amide bonds. The summed E-state index contributed by atoms with van der Waals surface area (Å²) in [6, 6.07) is 18.2. The van der Waals surface area contributed by atoms with Gasteiger partial charge in [-0.15, -0.1) is 0 Å². The fraction of sp³-hybridized carbons (Fsp3) is 0.308. The van der Waals surface area contributed by atoms with Crippen molar-refractivity contribution in [2.45, 2.75) is 26.9 Å². The molecule has 49 heavy (non-hydrogen) atoms. The van der Waals surface area contributed by atoms with E-state index in [1.165, 1.54) is 9.36 Å². The minimum absolute atomic E-state index is 0. The van der Waals surface area contributed by atoms with Crippen molar-refractivity contribution >= 4 is 43.3 Å². The van der Waals surface area contributed by atoms with E-state index in [9.17, 15) is 35.5 Å². The predicted molar refractivity (Wildman–Crippen MR) is 182 cm³/mol. The van der Waals surface area contributed by atoms with E-state index < -0.39 is 32.0 Å². The number of hydrogen-bond donors (Lipinski definition) is 2. The Bertz CT molecular complexity index is 1740. The van der Waals surface area contributed by atoms with E-state index >= 15 is 0 Å². The van der Waals surface area contributed by atoms with Gasteiger partial charge in [-0.2, -0.15) is 0 Å². The third-order valence-corrected chi connectivity index (χ3v) is 7.62. The molecule has 0 aliphatic carbocycles. The third kappa shape index (κ3) is 14.6. The summed E-state index contributed by atoms with van der Waals surface area (Å²) in [5, 5.41) is 4.98. The number of nitrogens with zero attached hydrogens (tertiary/aromatic N) is 4. The van der Waals surface area contributed by atoms with Crippen molar-refractivity contribution < 1.29 is 58.8 Å². The summed E-state index contributed by atoms with van der Waals surface area (Å²) in [6.45, 7) is 3.59. The van der Waals surface area contributed by atoms with Crippen molar-refractivity contribution in [3.8, 4) is 11.4 Å². The molecule has 0 saturated carbocycles. The molecule has 0 bridgehead atoms. The minimum atomic E-state index is -4.35. The smallest absolute Gasteiger partial charge is 0.747 e. The van der Waals surface area contributed by atoms with Gasteiger partial charge in [-0.1, -0.05) is 36.4 Å². The molecule has 4 aromatic rings. The Morgan fingerprint density at radius 1 is 0.571 bits per heavy atom. The van der Waals surface area contributed by atoms with Gasteiger partial charge >= 0.3 is 23.1 Å². The van der Waals surface area contributed by atoms with E-state index in [0.717, 1.165) is 11.4 Å². The Labute approximate surface area is 298 Å². The normalized spacial score (nSPS) is 10.1. The molecule has 14 N–H and O–H groups in total. The molecular weight excluding hydrogens is 709 g/mol. The van der Waals surface area contributed by atoms with Gasteiger partial charge in [0.2, 0.25) is 0 Å². The Morgan fingerprint density at radius 3 is 1.08 bits per heavy atom. The zero-order valence-electron chi connectivity index (χ0n) is 27.2. The fourth-order valence-corrected chi connectivity index (χ4v) is 4.96.